The first-order valence-corrected chi connectivity index (χ1v) is 8.41. The number of aromatic amines is 1. The topological polar surface area (TPSA) is 72.5 Å². The second kappa shape index (κ2) is 7.59. The molecule has 1 atom stereocenters. The number of imidazole rings is 1. The SMILES string of the molecule is CCN1Cc2ccccc2CC1C(=O)N(CCO)Cc1ncc[nH]1. The molecule has 0 fully saturated rings. The van der Waals surface area contributed by atoms with Gasteiger partial charge in [-0.3, -0.25) is 9.69 Å². The van der Waals surface area contributed by atoms with Gasteiger partial charge in [0, 0.05) is 25.5 Å². The average molecular weight is 328 g/mol. The number of aromatic nitrogens is 2. The van der Waals surface area contributed by atoms with Crippen molar-refractivity contribution in [3.63, 3.8) is 0 Å². The predicted molar refractivity (Wildman–Crippen MR) is 91.1 cm³/mol. The number of aliphatic hydroxyl groups excluding tert-OH is 1. The third-order valence-electron chi connectivity index (χ3n) is 4.61. The number of H-pyrrole nitrogens is 1. The molecule has 1 amide bonds. The van der Waals surface area contributed by atoms with Crippen molar-refractivity contribution in [2.45, 2.75) is 32.5 Å². The van der Waals surface area contributed by atoms with Crippen molar-refractivity contribution >= 4 is 5.91 Å². The summed E-state index contributed by atoms with van der Waals surface area (Å²) in [7, 11) is 0. The molecule has 2 aromatic rings. The molecule has 1 unspecified atom stereocenters. The van der Waals surface area contributed by atoms with Gasteiger partial charge in [-0.1, -0.05) is 31.2 Å². The third kappa shape index (κ3) is 3.49. The van der Waals surface area contributed by atoms with Gasteiger partial charge in [-0.05, 0) is 24.1 Å². The first kappa shape index (κ1) is 16.7. The second-order valence-corrected chi connectivity index (χ2v) is 6.07. The van der Waals surface area contributed by atoms with Gasteiger partial charge in [0.15, 0.2) is 0 Å². The summed E-state index contributed by atoms with van der Waals surface area (Å²) in [6.45, 7) is 4.34. The van der Waals surface area contributed by atoms with E-state index in [-0.39, 0.29) is 18.6 Å². The summed E-state index contributed by atoms with van der Waals surface area (Å²) < 4.78 is 0. The van der Waals surface area contributed by atoms with Crippen LogP contribution in [0.5, 0.6) is 0 Å². The maximum absolute atomic E-state index is 13.1. The summed E-state index contributed by atoms with van der Waals surface area (Å²) in [6.07, 6.45) is 4.13. The molecule has 0 saturated carbocycles. The molecule has 24 heavy (non-hydrogen) atoms. The average Bonchev–Trinajstić information content (AvgIpc) is 3.12. The van der Waals surface area contributed by atoms with Crippen LogP contribution in [0.3, 0.4) is 0 Å². The number of fused-ring (bicyclic) bond motifs is 1. The molecular weight excluding hydrogens is 304 g/mol. The molecule has 1 aromatic carbocycles. The van der Waals surface area contributed by atoms with Crippen molar-refractivity contribution < 1.29 is 9.90 Å². The predicted octanol–water partition coefficient (Wildman–Crippen LogP) is 1.18. The maximum Gasteiger partial charge on any atom is 0.240 e. The number of nitrogens with zero attached hydrogens (tertiary/aromatic N) is 3. The zero-order chi connectivity index (χ0) is 16.9. The van der Waals surface area contributed by atoms with Crippen molar-refractivity contribution in [3.8, 4) is 0 Å². The van der Waals surface area contributed by atoms with Crippen LogP contribution in [0.4, 0.5) is 0 Å². The summed E-state index contributed by atoms with van der Waals surface area (Å²) in [6, 6.07) is 8.12. The van der Waals surface area contributed by atoms with Crippen LogP contribution < -0.4 is 0 Å². The molecule has 2 N–H and O–H groups in total. The molecule has 1 aliphatic rings. The summed E-state index contributed by atoms with van der Waals surface area (Å²) in [4.78, 5) is 24.2. The summed E-state index contributed by atoms with van der Waals surface area (Å²) in [5, 5.41) is 9.36. The van der Waals surface area contributed by atoms with Crippen LogP contribution in [0.2, 0.25) is 0 Å². The lowest BCUT2D eigenvalue weighted by Crippen LogP contribution is -2.52. The number of hydrogen-bond acceptors (Lipinski definition) is 4. The smallest absolute Gasteiger partial charge is 0.240 e. The second-order valence-electron chi connectivity index (χ2n) is 6.07. The highest BCUT2D eigenvalue weighted by Gasteiger charge is 2.33. The number of amides is 1. The van der Waals surface area contributed by atoms with Crippen molar-refractivity contribution in [3.05, 3.63) is 53.6 Å². The zero-order valence-corrected chi connectivity index (χ0v) is 14.0. The van der Waals surface area contributed by atoms with E-state index >= 15 is 0 Å². The van der Waals surface area contributed by atoms with Gasteiger partial charge in [-0.2, -0.15) is 0 Å². The van der Waals surface area contributed by atoms with Gasteiger partial charge in [0.2, 0.25) is 5.91 Å². The maximum atomic E-state index is 13.1. The minimum absolute atomic E-state index is 0.0526. The number of hydrogen-bond donors (Lipinski definition) is 2. The molecular formula is C18H24N4O2. The van der Waals surface area contributed by atoms with E-state index in [2.05, 4.69) is 33.9 Å². The van der Waals surface area contributed by atoms with Crippen molar-refractivity contribution in [1.82, 2.24) is 19.8 Å². The fourth-order valence-electron chi connectivity index (χ4n) is 3.32. The summed E-state index contributed by atoms with van der Waals surface area (Å²) in [5.41, 5.74) is 2.53. The van der Waals surface area contributed by atoms with Gasteiger partial charge in [0.1, 0.15) is 5.82 Å². The number of carbonyl (C=O) groups is 1. The third-order valence-corrected chi connectivity index (χ3v) is 4.61. The van der Waals surface area contributed by atoms with Crippen LogP contribution >= 0.6 is 0 Å². The molecule has 2 heterocycles. The zero-order valence-electron chi connectivity index (χ0n) is 14.0. The minimum atomic E-state index is -0.189. The number of likely N-dealkylation sites (N-methyl/N-ethyl adjacent to an activating group) is 1. The van der Waals surface area contributed by atoms with Gasteiger partial charge in [-0.15, -0.1) is 0 Å². The Morgan fingerprint density at radius 3 is 2.88 bits per heavy atom. The molecule has 3 rings (SSSR count). The Bertz CT molecular complexity index is 671. The van der Waals surface area contributed by atoms with E-state index in [9.17, 15) is 9.90 Å². The van der Waals surface area contributed by atoms with Gasteiger partial charge in [0.05, 0.1) is 19.2 Å². The number of aliphatic hydroxyl groups is 1. The van der Waals surface area contributed by atoms with Gasteiger partial charge in [-0.25, -0.2) is 4.98 Å². The molecule has 0 aliphatic carbocycles. The van der Waals surface area contributed by atoms with E-state index in [1.807, 2.05) is 12.1 Å². The highest BCUT2D eigenvalue weighted by molar-refractivity contribution is 5.82. The lowest BCUT2D eigenvalue weighted by molar-refractivity contribution is -0.139. The molecule has 0 spiro atoms. The Labute approximate surface area is 142 Å². The number of nitrogens with one attached hydrogen (secondary N) is 1. The Morgan fingerprint density at radius 2 is 2.21 bits per heavy atom. The molecule has 0 bridgehead atoms. The lowest BCUT2D eigenvalue weighted by Gasteiger charge is -2.37. The van der Waals surface area contributed by atoms with Crippen molar-refractivity contribution in [2.24, 2.45) is 0 Å². The molecule has 0 radical (unpaired) electrons. The van der Waals surface area contributed by atoms with Gasteiger partial charge in [0.25, 0.3) is 0 Å². The van der Waals surface area contributed by atoms with Crippen LogP contribution in [0.1, 0.15) is 23.9 Å². The van der Waals surface area contributed by atoms with Crippen LogP contribution in [0, 0.1) is 0 Å². The summed E-state index contributed by atoms with van der Waals surface area (Å²) >= 11 is 0. The van der Waals surface area contributed by atoms with E-state index in [1.54, 1.807) is 17.3 Å². The van der Waals surface area contributed by atoms with Crippen LogP contribution in [0.25, 0.3) is 0 Å². The highest BCUT2D eigenvalue weighted by Crippen LogP contribution is 2.24. The lowest BCUT2D eigenvalue weighted by atomic mass is 9.93. The van der Waals surface area contributed by atoms with E-state index < -0.39 is 0 Å². The molecule has 1 aromatic heterocycles. The van der Waals surface area contributed by atoms with Crippen LogP contribution in [-0.4, -0.2) is 56.5 Å². The van der Waals surface area contributed by atoms with E-state index in [4.69, 9.17) is 0 Å². The molecule has 6 nitrogen and oxygen atoms in total. The van der Waals surface area contributed by atoms with Crippen LogP contribution in [0.15, 0.2) is 36.7 Å². The fraction of sp³-hybridized carbons (Fsp3) is 0.444. The van der Waals surface area contributed by atoms with Crippen LogP contribution in [-0.2, 0) is 24.3 Å². The Hall–Kier alpha value is -2.18. The van der Waals surface area contributed by atoms with Gasteiger partial charge < -0.3 is 15.0 Å². The molecule has 1 aliphatic heterocycles. The van der Waals surface area contributed by atoms with E-state index in [1.165, 1.54) is 11.1 Å². The van der Waals surface area contributed by atoms with Gasteiger partial charge >= 0.3 is 0 Å². The molecule has 0 saturated heterocycles. The Balaban J connectivity index is 1.80. The van der Waals surface area contributed by atoms with Crippen molar-refractivity contribution in [2.75, 3.05) is 19.7 Å². The van der Waals surface area contributed by atoms with E-state index in [0.717, 1.165) is 18.9 Å². The Morgan fingerprint density at radius 1 is 1.42 bits per heavy atom. The van der Waals surface area contributed by atoms with E-state index in [0.29, 0.717) is 19.5 Å². The number of benzene rings is 1. The number of carbonyl (C=O) groups excluding carboxylic acids is 1. The fourth-order valence-corrected chi connectivity index (χ4v) is 3.32. The normalized spacial score (nSPS) is 17.5. The minimum Gasteiger partial charge on any atom is -0.395 e. The molecule has 6 heteroatoms. The summed E-state index contributed by atoms with van der Waals surface area (Å²) in [5.74, 6) is 0.785. The largest absolute Gasteiger partial charge is 0.395 e. The first-order valence-electron chi connectivity index (χ1n) is 8.41. The van der Waals surface area contributed by atoms with Crippen molar-refractivity contribution in [1.29, 1.82) is 0 Å². The quantitative estimate of drug-likeness (QED) is 0.835. The monoisotopic (exact) mass is 328 g/mol. The Kier molecular flexibility index (Phi) is 5.27. The number of rotatable bonds is 6. The highest BCUT2D eigenvalue weighted by atomic mass is 16.3. The standard InChI is InChI=1S/C18H24N4O2/c1-2-21-12-15-6-4-3-5-14(15)11-16(21)18(24)22(9-10-23)13-17-19-7-8-20-17/h3-8,16,23H,2,9-13H2,1H3,(H,19,20). The first-order chi connectivity index (χ1) is 11.7. The molecule has 128 valence electrons.